The number of hydrogen-bond acceptors (Lipinski definition) is 2. The fourth-order valence-electron chi connectivity index (χ4n) is 2.41. The van der Waals surface area contributed by atoms with Crippen molar-refractivity contribution in [2.24, 2.45) is 5.92 Å². The first-order valence-electron chi connectivity index (χ1n) is 7.92. The zero-order valence-electron chi connectivity index (χ0n) is 14.9. The summed E-state index contributed by atoms with van der Waals surface area (Å²) in [6.07, 6.45) is 1.22. The lowest BCUT2D eigenvalue weighted by Crippen LogP contribution is -2.33. The maximum atomic E-state index is 5.05. The van der Waals surface area contributed by atoms with Crippen molar-refractivity contribution in [1.82, 2.24) is 9.97 Å². The third-order valence-corrected chi connectivity index (χ3v) is 9.31. The van der Waals surface area contributed by atoms with Gasteiger partial charge in [0.2, 0.25) is 0 Å². The van der Waals surface area contributed by atoms with Crippen LogP contribution in [0.15, 0.2) is 24.3 Å². The summed E-state index contributed by atoms with van der Waals surface area (Å²) in [7, 11) is -0.572. The molecule has 0 bridgehead atoms. The van der Waals surface area contributed by atoms with E-state index in [1.54, 1.807) is 0 Å². The Bertz CT molecular complexity index is 647. The first-order valence-corrected chi connectivity index (χ1v) is 11.7. The number of para-hydroxylation sites is 2. The lowest BCUT2D eigenvalue weighted by atomic mass is 10.3. The summed E-state index contributed by atoms with van der Waals surface area (Å²) >= 11 is 0. The van der Waals surface area contributed by atoms with Gasteiger partial charge in [-0.1, -0.05) is 62.6 Å². The Morgan fingerprint density at radius 2 is 1.45 bits per heavy atom. The third-order valence-electron chi connectivity index (χ3n) is 3.86. The fraction of sp³-hybridized carbons (Fsp3) is 0.556. The van der Waals surface area contributed by atoms with E-state index in [9.17, 15) is 0 Å². The monoisotopic (exact) mass is 334 g/mol. The molecule has 0 radical (unpaired) electrons. The van der Waals surface area contributed by atoms with E-state index in [4.69, 9.17) is 9.97 Å². The normalized spacial score (nSPS) is 15.3. The molecule has 0 aliphatic heterocycles. The van der Waals surface area contributed by atoms with Crippen LogP contribution in [0.2, 0.25) is 0 Å². The number of nitrogens with zero attached hydrogens (tertiary/aromatic N) is 2. The molecule has 0 spiro atoms. The van der Waals surface area contributed by atoms with Gasteiger partial charge in [0.05, 0.1) is 21.9 Å². The Morgan fingerprint density at radius 1 is 0.955 bits per heavy atom. The van der Waals surface area contributed by atoms with E-state index in [1.165, 1.54) is 17.0 Å². The van der Waals surface area contributed by atoms with Crippen LogP contribution in [-0.2, 0) is 0 Å². The second-order valence-electron chi connectivity index (χ2n) is 7.36. The van der Waals surface area contributed by atoms with Gasteiger partial charge < -0.3 is 0 Å². The van der Waals surface area contributed by atoms with Crippen molar-refractivity contribution in [1.29, 1.82) is 0 Å². The Morgan fingerprint density at radius 3 is 1.91 bits per heavy atom. The van der Waals surface area contributed by atoms with Crippen molar-refractivity contribution in [3.05, 3.63) is 24.3 Å². The van der Waals surface area contributed by atoms with Gasteiger partial charge in [0.15, 0.2) is 0 Å². The number of aromatic nitrogens is 2. The molecular weight excluding hydrogens is 306 g/mol. The quantitative estimate of drug-likeness (QED) is 0.766. The fourth-order valence-corrected chi connectivity index (χ4v) is 6.56. The van der Waals surface area contributed by atoms with Crippen LogP contribution in [0.5, 0.6) is 0 Å². The molecule has 2 aromatic rings. The molecular formula is C18H28N2P2. The zero-order valence-corrected chi connectivity index (χ0v) is 16.7. The van der Waals surface area contributed by atoms with Crippen LogP contribution in [-0.4, -0.2) is 34.6 Å². The minimum absolute atomic E-state index is 0.246. The van der Waals surface area contributed by atoms with E-state index in [0.717, 1.165) is 11.0 Å². The molecule has 120 valence electrons. The number of hydrogen-bond donors (Lipinski definition) is 0. The SMILES string of the molecule is CC(C)CP(C)c1nc2ccccc2nc1P(C)C(C)(C)C. The van der Waals surface area contributed by atoms with Crippen LogP contribution in [0.4, 0.5) is 0 Å². The largest absolute Gasteiger partial charge is 0.244 e. The first kappa shape index (κ1) is 17.8. The molecule has 1 aromatic heterocycles. The Balaban J connectivity index is 2.59. The highest BCUT2D eigenvalue weighted by Gasteiger charge is 2.28. The van der Waals surface area contributed by atoms with Crippen molar-refractivity contribution >= 4 is 37.7 Å². The molecule has 2 rings (SSSR count). The molecule has 2 nitrogen and oxygen atoms in total. The molecule has 1 heterocycles. The molecule has 0 N–H and O–H groups in total. The van der Waals surface area contributed by atoms with Crippen molar-refractivity contribution < 1.29 is 0 Å². The average Bonchev–Trinajstić information content (AvgIpc) is 2.43. The van der Waals surface area contributed by atoms with E-state index < -0.39 is 0 Å². The number of benzene rings is 1. The van der Waals surface area contributed by atoms with Gasteiger partial charge in [-0.3, -0.25) is 0 Å². The molecule has 0 saturated heterocycles. The molecule has 22 heavy (non-hydrogen) atoms. The van der Waals surface area contributed by atoms with Gasteiger partial charge in [0, 0.05) is 0 Å². The molecule has 0 fully saturated rings. The van der Waals surface area contributed by atoms with Gasteiger partial charge in [-0.05, 0) is 42.7 Å². The Kier molecular flexibility index (Phi) is 5.57. The van der Waals surface area contributed by atoms with Crippen LogP contribution in [0.25, 0.3) is 11.0 Å². The molecule has 2 atom stereocenters. The van der Waals surface area contributed by atoms with E-state index in [2.05, 4.69) is 72.2 Å². The standard InChI is InChI=1S/C18H28N2P2/c1-13(2)12-21(6)16-17(22(7)18(3,4)5)20-15-11-9-8-10-14(15)19-16/h8-11,13H,12H2,1-7H3. The van der Waals surface area contributed by atoms with E-state index >= 15 is 0 Å². The number of rotatable bonds is 4. The van der Waals surface area contributed by atoms with Crippen molar-refractivity contribution in [2.75, 3.05) is 19.5 Å². The van der Waals surface area contributed by atoms with Crippen LogP contribution in [0.3, 0.4) is 0 Å². The summed E-state index contributed by atoms with van der Waals surface area (Å²) in [6.45, 7) is 16.3. The maximum Gasteiger partial charge on any atom is 0.0899 e. The van der Waals surface area contributed by atoms with Gasteiger partial charge >= 0.3 is 0 Å². The molecule has 0 saturated carbocycles. The first-order chi connectivity index (χ1) is 10.2. The van der Waals surface area contributed by atoms with Crippen LogP contribution >= 0.6 is 15.8 Å². The van der Waals surface area contributed by atoms with E-state index in [0.29, 0.717) is 5.92 Å². The third kappa shape index (κ3) is 4.03. The molecule has 2 unspecified atom stereocenters. The minimum Gasteiger partial charge on any atom is -0.244 e. The topological polar surface area (TPSA) is 25.8 Å². The molecule has 4 heteroatoms. The van der Waals surface area contributed by atoms with Gasteiger partial charge in [-0.15, -0.1) is 0 Å². The average molecular weight is 334 g/mol. The van der Waals surface area contributed by atoms with Gasteiger partial charge in [0.1, 0.15) is 0 Å². The zero-order chi connectivity index (χ0) is 16.5. The summed E-state index contributed by atoms with van der Waals surface area (Å²) in [4.78, 5) is 10.1. The Hall–Kier alpha value is -0.580. The minimum atomic E-state index is -0.326. The summed E-state index contributed by atoms with van der Waals surface area (Å²) in [6, 6.07) is 8.28. The van der Waals surface area contributed by atoms with E-state index in [1.807, 2.05) is 0 Å². The van der Waals surface area contributed by atoms with Crippen molar-refractivity contribution in [3.8, 4) is 0 Å². The second kappa shape index (κ2) is 6.90. The Labute approximate surface area is 137 Å². The highest BCUT2D eigenvalue weighted by Crippen LogP contribution is 2.46. The maximum absolute atomic E-state index is 5.05. The lowest BCUT2D eigenvalue weighted by Gasteiger charge is -2.30. The molecule has 0 amide bonds. The highest BCUT2D eigenvalue weighted by atomic mass is 31.1. The van der Waals surface area contributed by atoms with Crippen molar-refractivity contribution in [2.45, 2.75) is 39.8 Å². The molecule has 1 aromatic carbocycles. The predicted octanol–water partition coefficient (Wildman–Crippen LogP) is 4.56. The second-order valence-corrected chi connectivity index (χ2v) is 12.4. The van der Waals surface area contributed by atoms with Crippen LogP contribution < -0.4 is 10.9 Å². The smallest absolute Gasteiger partial charge is 0.0899 e. The van der Waals surface area contributed by atoms with Gasteiger partial charge in [0.25, 0.3) is 0 Å². The van der Waals surface area contributed by atoms with Crippen LogP contribution in [0, 0.1) is 5.92 Å². The van der Waals surface area contributed by atoms with Gasteiger partial charge in [-0.25, -0.2) is 9.97 Å². The lowest BCUT2D eigenvalue weighted by molar-refractivity contribution is 0.746. The summed E-state index contributed by atoms with van der Waals surface area (Å²) < 4.78 is 0. The summed E-state index contributed by atoms with van der Waals surface area (Å²) in [5.74, 6) is 0.704. The highest BCUT2D eigenvalue weighted by molar-refractivity contribution is 7.71. The van der Waals surface area contributed by atoms with Crippen molar-refractivity contribution in [3.63, 3.8) is 0 Å². The molecule has 0 aliphatic rings. The van der Waals surface area contributed by atoms with Crippen LogP contribution in [0.1, 0.15) is 34.6 Å². The summed E-state index contributed by atoms with van der Waals surface area (Å²) in [5, 5.41) is 0.259. The number of fused-ring (bicyclic) bond motifs is 1. The molecule has 0 aliphatic carbocycles. The van der Waals surface area contributed by atoms with E-state index in [-0.39, 0.29) is 21.0 Å². The van der Waals surface area contributed by atoms with Gasteiger partial charge in [-0.2, -0.15) is 0 Å². The summed E-state index contributed by atoms with van der Waals surface area (Å²) in [5.41, 5.74) is 4.63. The predicted molar refractivity (Wildman–Crippen MR) is 104 cm³/mol.